The molecule has 6 heteroatoms. The second kappa shape index (κ2) is 8.47. The fraction of sp³-hybridized carbons (Fsp3) is 0.200. The number of thiazole rings is 1. The molecule has 1 aromatic heterocycles. The van der Waals surface area contributed by atoms with Crippen LogP contribution in [0, 0.1) is 5.82 Å². The van der Waals surface area contributed by atoms with Crippen molar-refractivity contribution in [2.24, 2.45) is 0 Å². The standard InChI is InChI=1S/C20H19FN2OS2/c1-3-15-6-4-5-7-19(15)23(14(2)24)20-22-17(13-26-20)12-25-18-10-8-16(21)9-11-18/h4-11,13H,3,12H2,1-2H3. The second-order valence-corrected chi connectivity index (χ2v) is 7.59. The van der Waals surface area contributed by atoms with Gasteiger partial charge in [-0.2, -0.15) is 0 Å². The van der Waals surface area contributed by atoms with Crippen LogP contribution in [-0.2, 0) is 17.0 Å². The number of rotatable bonds is 6. The van der Waals surface area contributed by atoms with E-state index in [4.69, 9.17) is 0 Å². The van der Waals surface area contributed by atoms with E-state index >= 15 is 0 Å². The maximum Gasteiger partial charge on any atom is 0.230 e. The van der Waals surface area contributed by atoms with Gasteiger partial charge in [-0.05, 0) is 42.3 Å². The van der Waals surface area contributed by atoms with Crippen LogP contribution in [0.5, 0.6) is 0 Å². The lowest BCUT2D eigenvalue weighted by Crippen LogP contribution is -2.23. The number of hydrogen-bond donors (Lipinski definition) is 0. The summed E-state index contributed by atoms with van der Waals surface area (Å²) in [6.07, 6.45) is 0.846. The molecule has 0 unspecified atom stereocenters. The largest absolute Gasteiger partial charge is 0.274 e. The maximum absolute atomic E-state index is 13.0. The van der Waals surface area contributed by atoms with E-state index in [1.807, 2.05) is 29.6 Å². The molecule has 0 atom stereocenters. The van der Waals surface area contributed by atoms with Crippen molar-refractivity contribution in [2.75, 3.05) is 4.90 Å². The average Bonchev–Trinajstić information content (AvgIpc) is 3.10. The summed E-state index contributed by atoms with van der Waals surface area (Å²) in [6, 6.07) is 14.3. The third-order valence-corrected chi connectivity index (χ3v) is 5.78. The number of carbonyl (C=O) groups excluding carboxylic acids is 1. The van der Waals surface area contributed by atoms with Gasteiger partial charge in [0.15, 0.2) is 5.13 Å². The van der Waals surface area contributed by atoms with Gasteiger partial charge in [0, 0.05) is 23.0 Å². The van der Waals surface area contributed by atoms with Crippen molar-refractivity contribution >= 4 is 39.8 Å². The van der Waals surface area contributed by atoms with Gasteiger partial charge < -0.3 is 0 Å². The van der Waals surface area contributed by atoms with E-state index in [9.17, 15) is 9.18 Å². The van der Waals surface area contributed by atoms with E-state index in [0.29, 0.717) is 10.9 Å². The zero-order valence-corrected chi connectivity index (χ0v) is 16.2. The summed E-state index contributed by atoms with van der Waals surface area (Å²) in [7, 11) is 0. The van der Waals surface area contributed by atoms with Crippen LogP contribution < -0.4 is 4.90 Å². The van der Waals surface area contributed by atoms with E-state index in [2.05, 4.69) is 11.9 Å². The summed E-state index contributed by atoms with van der Waals surface area (Å²) < 4.78 is 13.0. The van der Waals surface area contributed by atoms with E-state index in [-0.39, 0.29) is 11.7 Å². The van der Waals surface area contributed by atoms with Gasteiger partial charge in [-0.15, -0.1) is 23.1 Å². The lowest BCUT2D eigenvalue weighted by Gasteiger charge is -2.20. The molecule has 0 radical (unpaired) electrons. The maximum atomic E-state index is 13.0. The highest BCUT2D eigenvalue weighted by atomic mass is 32.2. The fourth-order valence-electron chi connectivity index (χ4n) is 2.59. The topological polar surface area (TPSA) is 33.2 Å². The first kappa shape index (κ1) is 18.6. The summed E-state index contributed by atoms with van der Waals surface area (Å²) in [5, 5.41) is 2.64. The molecule has 26 heavy (non-hydrogen) atoms. The lowest BCUT2D eigenvalue weighted by atomic mass is 10.1. The minimum Gasteiger partial charge on any atom is -0.274 e. The van der Waals surface area contributed by atoms with E-state index < -0.39 is 0 Å². The molecule has 1 heterocycles. The van der Waals surface area contributed by atoms with Gasteiger partial charge in [0.2, 0.25) is 5.91 Å². The minimum absolute atomic E-state index is 0.0574. The number of thioether (sulfide) groups is 1. The molecule has 1 amide bonds. The summed E-state index contributed by atoms with van der Waals surface area (Å²) in [5.74, 6) is 0.374. The van der Waals surface area contributed by atoms with Crippen molar-refractivity contribution in [3.8, 4) is 0 Å². The highest BCUT2D eigenvalue weighted by Gasteiger charge is 2.20. The molecule has 0 bridgehead atoms. The molecule has 3 rings (SSSR count). The molecule has 0 fully saturated rings. The molecule has 0 aliphatic rings. The molecule has 0 aliphatic heterocycles. The Bertz CT molecular complexity index is 893. The molecule has 0 saturated heterocycles. The van der Waals surface area contributed by atoms with Crippen molar-refractivity contribution in [1.29, 1.82) is 0 Å². The minimum atomic E-state index is -0.239. The smallest absolute Gasteiger partial charge is 0.230 e. The van der Waals surface area contributed by atoms with Crippen LogP contribution in [0.1, 0.15) is 25.1 Å². The molecule has 0 spiro atoms. The zero-order chi connectivity index (χ0) is 18.5. The summed E-state index contributed by atoms with van der Waals surface area (Å²) in [4.78, 5) is 19.6. The number of aryl methyl sites for hydroxylation is 1. The van der Waals surface area contributed by atoms with Gasteiger partial charge in [-0.25, -0.2) is 9.37 Å². The highest BCUT2D eigenvalue weighted by Crippen LogP contribution is 2.33. The monoisotopic (exact) mass is 386 g/mol. The van der Waals surface area contributed by atoms with Crippen molar-refractivity contribution < 1.29 is 9.18 Å². The molecule has 0 aliphatic carbocycles. The second-order valence-electron chi connectivity index (χ2n) is 5.70. The zero-order valence-electron chi connectivity index (χ0n) is 14.6. The molecule has 3 nitrogen and oxygen atoms in total. The van der Waals surface area contributed by atoms with Crippen molar-refractivity contribution in [3.05, 3.63) is 71.0 Å². The van der Waals surface area contributed by atoms with Crippen molar-refractivity contribution in [1.82, 2.24) is 4.98 Å². The van der Waals surface area contributed by atoms with Crippen molar-refractivity contribution in [2.45, 2.75) is 30.9 Å². The Morgan fingerprint density at radius 3 is 2.62 bits per heavy atom. The van der Waals surface area contributed by atoms with Crippen LogP contribution in [-0.4, -0.2) is 10.9 Å². The average molecular weight is 387 g/mol. The predicted molar refractivity (Wildman–Crippen MR) is 107 cm³/mol. The van der Waals surface area contributed by atoms with Gasteiger partial charge >= 0.3 is 0 Å². The molecule has 0 saturated carbocycles. The number of nitrogens with zero attached hydrogens (tertiary/aromatic N) is 2. The number of benzene rings is 2. The Balaban J connectivity index is 1.79. The Morgan fingerprint density at radius 2 is 1.92 bits per heavy atom. The van der Waals surface area contributed by atoms with Crippen LogP contribution in [0.25, 0.3) is 0 Å². The number of carbonyl (C=O) groups is 1. The van der Waals surface area contributed by atoms with Gasteiger partial charge in [-0.3, -0.25) is 9.69 Å². The molecular weight excluding hydrogens is 367 g/mol. The predicted octanol–water partition coefficient (Wildman–Crippen LogP) is 5.82. The number of hydrogen-bond acceptors (Lipinski definition) is 4. The normalized spacial score (nSPS) is 10.7. The summed E-state index contributed by atoms with van der Waals surface area (Å²) in [5.41, 5.74) is 2.90. The number of amides is 1. The number of anilines is 2. The van der Waals surface area contributed by atoms with Gasteiger partial charge in [0.25, 0.3) is 0 Å². The van der Waals surface area contributed by atoms with Crippen LogP contribution in [0.4, 0.5) is 15.2 Å². The van der Waals surface area contributed by atoms with Gasteiger partial charge in [0.05, 0.1) is 11.4 Å². The quantitative estimate of drug-likeness (QED) is 0.500. The van der Waals surface area contributed by atoms with Crippen molar-refractivity contribution in [3.63, 3.8) is 0 Å². The summed E-state index contributed by atoms with van der Waals surface area (Å²) >= 11 is 3.05. The number of halogens is 1. The SMILES string of the molecule is CCc1ccccc1N(C(C)=O)c1nc(CSc2ccc(F)cc2)cs1. The number of para-hydroxylation sites is 1. The molecule has 134 valence electrons. The first-order valence-corrected chi connectivity index (χ1v) is 10.2. The highest BCUT2D eigenvalue weighted by molar-refractivity contribution is 7.98. The van der Waals surface area contributed by atoms with Crippen LogP contribution in [0.3, 0.4) is 0 Å². The molecular formula is C20H19FN2OS2. The summed E-state index contributed by atoms with van der Waals surface area (Å²) in [6.45, 7) is 3.63. The Hall–Kier alpha value is -2.18. The Labute approximate surface area is 160 Å². The van der Waals surface area contributed by atoms with E-state index in [1.165, 1.54) is 23.5 Å². The first-order chi connectivity index (χ1) is 12.6. The van der Waals surface area contributed by atoms with Crippen LogP contribution in [0.15, 0.2) is 58.8 Å². The first-order valence-electron chi connectivity index (χ1n) is 8.30. The van der Waals surface area contributed by atoms with E-state index in [0.717, 1.165) is 28.3 Å². The number of aromatic nitrogens is 1. The van der Waals surface area contributed by atoms with E-state index in [1.54, 1.807) is 35.7 Å². The third-order valence-electron chi connectivity index (χ3n) is 3.86. The van der Waals surface area contributed by atoms with Gasteiger partial charge in [0.1, 0.15) is 5.82 Å². The third kappa shape index (κ3) is 4.31. The van der Waals surface area contributed by atoms with Crippen LogP contribution in [0.2, 0.25) is 0 Å². The molecule has 2 aromatic carbocycles. The Kier molecular flexibility index (Phi) is 6.06. The van der Waals surface area contributed by atoms with Gasteiger partial charge in [-0.1, -0.05) is 25.1 Å². The Morgan fingerprint density at radius 1 is 1.19 bits per heavy atom. The fourth-order valence-corrected chi connectivity index (χ4v) is 4.36. The molecule has 3 aromatic rings. The lowest BCUT2D eigenvalue weighted by molar-refractivity contribution is -0.115. The molecule has 0 N–H and O–H groups in total. The van der Waals surface area contributed by atoms with Crippen LogP contribution >= 0.6 is 23.1 Å².